The minimum Gasteiger partial charge on any atom is -0.340 e. The van der Waals surface area contributed by atoms with Gasteiger partial charge in [-0.1, -0.05) is 51.1 Å². The van der Waals surface area contributed by atoms with Gasteiger partial charge in [-0.2, -0.15) is 18.2 Å². The average molecular weight is 522 g/mol. The molecular weight excluding hydrogens is 487 g/mol. The van der Waals surface area contributed by atoms with Crippen LogP contribution in [0.15, 0.2) is 48.8 Å². The highest BCUT2D eigenvalue weighted by Gasteiger charge is 2.31. The Kier molecular flexibility index (Phi) is 6.70. The Hall–Kier alpha value is -3.42. The van der Waals surface area contributed by atoms with E-state index in [-0.39, 0.29) is 5.41 Å². The summed E-state index contributed by atoms with van der Waals surface area (Å²) in [5, 5.41) is 0. The van der Waals surface area contributed by atoms with E-state index in [0.29, 0.717) is 23.9 Å². The molecule has 0 aliphatic carbocycles. The Bertz CT molecular complexity index is 1450. The molecule has 1 atom stereocenters. The quantitative estimate of drug-likeness (QED) is 0.295. The zero-order chi connectivity index (χ0) is 27.2. The van der Waals surface area contributed by atoms with Crippen molar-refractivity contribution < 1.29 is 13.2 Å². The molecule has 5 nitrogen and oxygen atoms in total. The van der Waals surface area contributed by atoms with Gasteiger partial charge in [-0.3, -0.25) is 0 Å². The largest absolute Gasteiger partial charge is 0.416 e. The van der Waals surface area contributed by atoms with Crippen LogP contribution in [0.4, 0.5) is 19.1 Å². The lowest BCUT2D eigenvalue weighted by Gasteiger charge is -2.21. The smallest absolute Gasteiger partial charge is 0.340 e. The second-order valence-electron chi connectivity index (χ2n) is 11.6. The van der Waals surface area contributed by atoms with Crippen molar-refractivity contribution in [3.05, 3.63) is 82.3 Å². The lowest BCUT2D eigenvalue weighted by molar-refractivity contribution is -0.137. The summed E-state index contributed by atoms with van der Waals surface area (Å²) < 4.78 is 40.7. The Morgan fingerprint density at radius 3 is 2.37 bits per heavy atom. The minimum absolute atomic E-state index is 0.0543. The van der Waals surface area contributed by atoms with Crippen molar-refractivity contribution in [2.45, 2.75) is 58.5 Å². The van der Waals surface area contributed by atoms with Crippen molar-refractivity contribution in [3.63, 3.8) is 0 Å². The van der Waals surface area contributed by atoms with Gasteiger partial charge in [0.1, 0.15) is 5.52 Å². The second kappa shape index (κ2) is 9.71. The maximum Gasteiger partial charge on any atom is 0.416 e. The molecular formula is C30H34F3N5. The Morgan fingerprint density at radius 1 is 0.974 bits per heavy atom. The van der Waals surface area contributed by atoms with Gasteiger partial charge in [0.15, 0.2) is 5.65 Å². The summed E-state index contributed by atoms with van der Waals surface area (Å²) >= 11 is 0. The molecule has 2 aromatic carbocycles. The minimum atomic E-state index is -4.31. The molecule has 1 saturated heterocycles. The van der Waals surface area contributed by atoms with Crippen LogP contribution >= 0.6 is 0 Å². The Morgan fingerprint density at radius 2 is 1.68 bits per heavy atom. The molecule has 38 heavy (non-hydrogen) atoms. The van der Waals surface area contributed by atoms with E-state index in [2.05, 4.69) is 55.8 Å². The van der Waals surface area contributed by atoms with Crippen LogP contribution in [0.2, 0.25) is 0 Å². The SMILES string of the molecule is Cc1ccc(C(C)(C)C)cc1Cc1nc(N2CCC(Cc3ccc(C(F)(F)F)cc3)C2)nc2ncn(C)c12. The van der Waals surface area contributed by atoms with E-state index in [4.69, 9.17) is 9.97 Å². The van der Waals surface area contributed by atoms with Crippen molar-refractivity contribution in [2.75, 3.05) is 18.0 Å². The van der Waals surface area contributed by atoms with E-state index >= 15 is 0 Å². The standard InChI is InChI=1S/C30H34F3N5/c1-19-6-9-24(29(2,3)4)15-22(19)16-25-26-27(34-18-37(26)5)36-28(35-25)38-13-12-21(17-38)14-20-7-10-23(11-8-20)30(31,32)33/h6-11,15,18,21H,12-14,16-17H2,1-5H3. The van der Waals surface area contributed by atoms with E-state index in [1.807, 2.05) is 11.6 Å². The summed E-state index contributed by atoms with van der Waals surface area (Å²) in [5.74, 6) is 0.995. The lowest BCUT2D eigenvalue weighted by atomic mass is 9.84. The highest BCUT2D eigenvalue weighted by Crippen LogP contribution is 2.31. The first-order valence-electron chi connectivity index (χ1n) is 13.1. The molecule has 1 unspecified atom stereocenters. The average Bonchev–Trinajstić information content (AvgIpc) is 3.46. The van der Waals surface area contributed by atoms with Crippen molar-refractivity contribution in [1.82, 2.24) is 19.5 Å². The molecule has 200 valence electrons. The number of fused-ring (bicyclic) bond motifs is 1. The summed E-state index contributed by atoms with van der Waals surface area (Å²) in [6, 6.07) is 12.2. The molecule has 0 saturated carbocycles. The first-order chi connectivity index (χ1) is 17.9. The summed E-state index contributed by atoms with van der Waals surface area (Å²) in [7, 11) is 1.97. The normalized spacial score (nSPS) is 16.5. The zero-order valence-corrected chi connectivity index (χ0v) is 22.6. The lowest BCUT2D eigenvalue weighted by Crippen LogP contribution is -2.23. The molecule has 0 N–H and O–H groups in total. The van der Waals surface area contributed by atoms with Crippen molar-refractivity contribution in [1.29, 1.82) is 0 Å². The number of halogens is 3. The van der Waals surface area contributed by atoms with Crippen LogP contribution in [-0.2, 0) is 31.5 Å². The van der Waals surface area contributed by atoms with Crippen LogP contribution in [0, 0.1) is 12.8 Å². The Balaban J connectivity index is 1.39. The molecule has 1 aliphatic heterocycles. The monoisotopic (exact) mass is 521 g/mol. The number of hydrogen-bond acceptors (Lipinski definition) is 4. The third kappa shape index (κ3) is 5.40. The van der Waals surface area contributed by atoms with Gasteiger partial charge in [-0.15, -0.1) is 0 Å². The molecule has 8 heteroatoms. The number of aromatic nitrogens is 4. The number of aryl methyl sites for hydroxylation is 2. The third-order valence-corrected chi connectivity index (χ3v) is 7.58. The van der Waals surface area contributed by atoms with Crippen LogP contribution in [0.5, 0.6) is 0 Å². The van der Waals surface area contributed by atoms with Gasteiger partial charge in [0.25, 0.3) is 0 Å². The predicted octanol–water partition coefficient (Wildman–Crippen LogP) is 6.65. The van der Waals surface area contributed by atoms with E-state index in [1.54, 1.807) is 18.5 Å². The second-order valence-corrected chi connectivity index (χ2v) is 11.6. The van der Waals surface area contributed by atoms with Gasteiger partial charge in [-0.05, 0) is 65.5 Å². The molecule has 0 bridgehead atoms. The highest BCUT2D eigenvalue weighted by atomic mass is 19.4. The summed E-state index contributed by atoms with van der Waals surface area (Å²) in [5.41, 5.74) is 6.70. The van der Waals surface area contributed by atoms with Crippen LogP contribution in [0.3, 0.4) is 0 Å². The molecule has 1 aliphatic rings. The van der Waals surface area contributed by atoms with Crippen LogP contribution < -0.4 is 4.90 Å². The summed E-state index contributed by atoms with van der Waals surface area (Å²) in [6.07, 6.45) is -0.181. The van der Waals surface area contributed by atoms with Crippen LogP contribution in [0.1, 0.15) is 60.7 Å². The number of anilines is 1. The predicted molar refractivity (Wildman–Crippen MR) is 144 cm³/mol. The van der Waals surface area contributed by atoms with Crippen LogP contribution in [0.25, 0.3) is 11.2 Å². The molecule has 0 amide bonds. The third-order valence-electron chi connectivity index (χ3n) is 7.58. The van der Waals surface area contributed by atoms with E-state index in [1.165, 1.54) is 28.8 Å². The van der Waals surface area contributed by atoms with Gasteiger partial charge in [0.05, 0.1) is 17.6 Å². The van der Waals surface area contributed by atoms with Gasteiger partial charge in [0.2, 0.25) is 5.95 Å². The number of alkyl halides is 3. The molecule has 1 fully saturated rings. The number of hydrogen-bond donors (Lipinski definition) is 0. The number of imidazole rings is 1. The maximum atomic E-state index is 12.9. The number of rotatable bonds is 5. The van der Waals surface area contributed by atoms with E-state index in [9.17, 15) is 13.2 Å². The molecule has 2 aromatic heterocycles. The molecule has 0 radical (unpaired) electrons. The van der Waals surface area contributed by atoms with Gasteiger partial charge < -0.3 is 9.47 Å². The highest BCUT2D eigenvalue weighted by molar-refractivity contribution is 5.75. The fraction of sp³-hybridized carbons (Fsp3) is 0.433. The van der Waals surface area contributed by atoms with Crippen LogP contribution in [-0.4, -0.2) is 32.6 Å². The van der Waals surface area contributed by atoms with E-state index in [0.717, 1.165) is 42.7 Å². The first kappa shape index (κ1) is 26.2. The fourth-order valence-electron chi connectivity index (χ4n) is 5.24. The molecule has 0 spiro atoms. The maximum absolute atomic E-state index is 12.9. The molecule has 5 rings (SSSR count). The molecule has 4 aromatic rings. The first-order valence-corrected chi connectivity index (χ1v) is 13.1. The zero-order valence-electron chi connectivity index (χ0n) is 22.6. The Labute approximate surface area is 221 Å². The van der Waals surface area contributed by atoms with Gasteiger partial charge in [0, 0.05) is 26.6 Å². The fourth-order valence-corrected chi connectivity index (χ4v) is 5.24. The number of benzene rings is 2. The topological polar surface area (TPSA) is 46.8 Å². The van der Waals surface area contributed by atoms with Crippen molar-refractivity contribution in [3.8, 4) is 0 Å². The summed E-state index contributed by atoms with van der Waals surface area (Å²) in [6.45, 7) is 10.4. The van der Waals surface area contributed by atoms with Gasteiger partial charge in [-0.25, -0.2) is 9.97 Å². The van der Waals surface area contributed by atoms with Crippen molar-refractivity contribution >= 4 is 17.1 Å². The van der Waals surface area contributed by atoms with Crippen molar-refractivity contribution in [2.24, 2.45) is 13.0 Å². The summed E-state index contributed by atoms with van der Waals surface area (Å²) in [4.78, 5) is 16.6. The van der Waals surface area contributed by atoms with Gasteiger partial charge >= 0.3 is 6.18 Å². The van der Waals surface area contributed by atoms with E-state index < -0.39 is 11.7 Å². The molecule has 3 heterocycles. The number of nitrogens with zero attached hydrogens (tertiary/aromatic N) is 5.